The molecule has 18 heavy (non-hydrogen) atoms. The van der Waals surface area contributed by atoms with Crippen molar-refractivity contribution in [3.05, 3.63) is 0 Å². The highest BCUT2D eigenvalue weighted by atomic mass is 32.2. The molecule has 1 rings (SSSR count). The Bertz CT molecular complexity index is 335. The normalized spacial score (nSPS) is 19.1. The maximum Gasteiger partial charge on any atom is 0.214 e. The van der Waals surface area contributed by atoms with Gasteiger partial charge in [-0.1, -0.05) is 6.42 Å². The molecule has 1 heterocycles. The van der Waals surface area contributed by atoms with Crippen molar-refractivity contribution in [2.75, 3.05) is 32.0 Å². The van der Waals surface area contributed by atoms with E-state index in [2.05, 4.69) is 5.32 Å². The molecule has 1 aliphatic rings. The highest BCUT2D eigenvalue weighted by Crippen LogP contribution is 2.13. The number of nitrogens with one attached hydrogen (secondary N) is 1. The van der Waals surface area contributed by atoms with Crippen LogP contribution in [0.4, 0.5) is 0 Å². The first-order valence-electron chi connectivity index (χ1n) is 6.71. The number of aliphatic hydroxyl groups excluding tert-OH is 1. The van der Waals surface area contributed by atoms with Crippen molar-refractivity contribution in [2.24, 2.45) is 0 Å². The van der Waals surface area contributed by atoms with Crippen molar-refractivity contribution >= 4 is 10.0 Å². The van der Waals surface area contributed by atoms with Crippen molar-refractivity contribution in [3.63, 3.8) is 0 Å². The van der Waals surface area contributed by atoms with E-state index in [1.807, 2.05) is 13.8 Å². The highest BCUT2D eigenvalue weighted by Gasteiger charge is 2.23. The standard InChI is InChI=1S/C12H26N2O3S/c1-12(2,11-15)13-7-6-10-18(16,17)14-8-4-3-5-9-14/h13,15H,3-11H2,1-2H3. The van der Waals surface area contributed by atoms with E-state index in [4.69, 9.17) is 5.11 Å². The second-order valence-corrected chi connectivity index (χ2v) is 7.69. The van der Waals surface area contributed by atoms with Crippen molar-refractivity contribution in [2.45, 2.75) is 45.1 Å². The molecule has 0 atom stereocenters. The minimum absolute atomic E-state index is 0.0475. The van der Waals surface area contributed by atoms with Crippen molar-refractivity contribution in [1.82, 2.24) is 9.62 Å². The summed E-state index contributed by atoms with van der Waals surface area (Å²) < 4.78 is 25.7. The van der Waals surface area contributed by atoms with Gasteiger partial charge in [-0.3, -0.25) is 0 Å². The fourth-order valence-corrected chi connectivity index (χ4v) is 3.59. The summed E-state index contributed by atoms with van der Waals surface area (Å²) in [5.74, 6) is 0.196. The molecular formula is C12H26N2O3S. The van der Waals surface area contributed by atoms with Gasteiger partial charge in [0, 0.05) is 18.6 Å². The zero-order valence-corrected chi connectivity index (χ0v) is 12.3. The van der Waals surface area contributed by atoms with Crippen molar-refractivity contribution in [3.8, 4) is 0 Å². The number of rotatable bonds is 7. The molecule has 0 bridgehead atoms. The van der Waals surface area contributed by atoms with Gasteiger partial charge >= 0.3 is 0 Å². The lowest BCUT2D eigenvalue weighted by molar-refractivity contribution is 0.189. The largest absolute Gasteiger partial charge is 0.394 e. The van der Waals surface area contributed by atoms with Crippen LogP contribution in [-0.4, -0.2) is 55.4 Å². The molecule has 0 unspecified atom stereocenters. The van der Waals surface area contributed by atoms with E-state index in [0.29, 0.717) is 26.1 Å². The molecule has 0 aromatic rings. The molecule has 108 valence electrons. The fraction of sp³-hybridized carbons (Fsp3) is 1.00. The maximum absolute atomic E-state index is 12.0. The molecule has 0 aromatic heterocycles. The molecule has 1 fully saturated rings. The minimum atomic E-state index is -3.08. The second kappa shape index (κ2) is 6.84. The Morgan fingerprint density at radius 1 is 1.22 bits per heavy atom. The Morgan fingerprint density at radius 3 is 2.39 bits per heavy atom. The van der Waals surface area contributed by atoms with Crippen LogP contribution in [0.3, 0.4) is 0 Å². The van der Waals surface area contributed by atoms with Crippen molar-refractivity contribution in [1.29, 1.82) is 0 Å². The Kier molecular flexibility index (Phi) is 6.04. The zero-order valence-electron chi connectivity index (χ0n) is 11.5. The van der Waals surface area contributed by atoms with Gasteiger partial charge in [-0.2, -0.15) is 0 Å². The van der Waals surface area contributed by atoms with E-state index in [-0.39, 0.29) is 17.9 Å². The summed E-state index contributed by atoms with van der Waals surface area (Å²) in [6, 6.07) is 0. The molecule has 0 aromatic carbocycles. The lowest BCUT2D eigenvalue weighted by Gasteiger charge is -2.27. The number of nitrogens with zero attached hydrogens (tertiary/aromatic N) is 1. The first-order chi connectivity index (χ1) is 8.37. The van der Waals surface area contributed by atoms with E-state index in [9.17, 15) is 8.42 Å². The predicted molar refractivity (Wildman–Crippen MR) is 73.0 cm³/mol. The van der Waals surface area contributed by atoms with Crippen LogP contribution in [0.2, 0.25) is 0 Å². The number of hydrogen-bond acceptors (Lipinski definition) is 4. The Hall–Kier alpha value is -0.170. The van der Waals surface area contributed by atoms with Gasteiger partial charge in [0.25, 0.3) is 0 Å². The molecule has 0 amide bonds. The van der Waals surface area contributed by atoms with E-state index in [0.717, 1.165) is 19.3 Å². The molecule has 6 heteroatoms. The van der Waals surface area contributed by atoms with Gasteiger partial charge < -0.3 is 10.4 Å². The van der Waals surface area contributed by atoms with E-state index in [1.54, 1.807) is 4.31 Å². The van der Waals surface area contributed by atoms with Crippen LogP contribution in [0.15, 0.2) is 0 Å². The van der Waals surface area contributed by atoms with Crippen LogP contribution in [0.1, 0.15) is 39.5 Å². The summed E-state index contributed by atoms with van der Waals surface area (Å²) in [7, 11) is -3.08. The van der Waals surface area contributed by atoms with Crippen LogP contribution < -0.4 is 5.32 Å². The summed E-state index contributed by atoms with van der Waals surface area (Å²) in [6.45, 7) is 5.81. The molecular weight excluding hydrogens is 252 g/mol. The van der Waals surface area contributed by atoms with E-state index >= 15 is 0 Å². The molecule has 5 nitrogen and oxygen atoms in total. The van der Waals surface area contributed by atoms with Crippen LogP contribution in [0, 0.1) is 0 Å². The topological polar surface area (TPSA) is 69.6 Å². The van der Waals surface area contributed by atoms with Crippen LogP contribution in [0.5, 0.6) is 0 Å². The number of hydrogen-bond donors (Lipinski definition) is 2. The van der Waals surface area contributed by atoms with E-state index in [1.165, 1.54) is 0 Å². The smallest absolute Gasteiger partial charge is 0.214 e. The predicted octanol–water partition coefficient (Wildman–Crippen LogP) is 0.553. The molecule has 0 aliphatic carbocycles. The monoisotopic (exact) mass is 278 g/mol. The molecule has 1 aliphatic heterocycles. The SMILES string of the molecule is CC(C)(CO)NCCCS(=O)(=O)N1CCCCC1. The van der Waals surface area contributed by atoms with Crippen LogP contribution >= 0.6 is 0 Å². The van der Waals surface area contributed by atoms with Gasteiger partial charge in [-0.05, 0) is 39.7 Å². The van der Waals surface area contributed by atoms with Gasteiger partial charge in [0.15, 0.2) is 0 Å². The summed E-state index contributed by atoms with van der Waals surface area (Å²) in [5.41, 5.74) is -0.338. The van der Waals surface area contributed by atoms with Gasteiger partial charge in [-0.25, -0.2) is 12.7 Å². The second-order valence-electron chi connectivity index (χ2n) is 5.60. The van der Waals surface area contributed by atoms with Crippen LogP contribution in [0.25, 0.3) is 0 Å². The van der Waals surface area contributed by atoms with Gasteiger partial charge in [0.1, 0.15) is 0 Å². The molecule has 0 radical (unpaired) electrons. The van der Waals surface area contributed by atoms with E-state index < -0.39 is 10.0 Å². The molecule has 0 spiro atoms. The van der Waals surface area contributed by atoms with Gasteiger partial charge in [0.05, 0.1) is 12.4 Å². The first kappa shape index (κ1) is 15.9. The molecule has 2 N–H and O–H groups in total. The highest BCUT2D eigenvalue weighted by molar-refractivity contribution is 7.89. The molecule has 0 saturated carbocycles. The molecule has 1 saturated heterocycles. The first-order valence-corrected chi connectivity index (χ1v) is 8.32. The third-order valence-corrected chi connectivity index (χ3v) is 5.24. The lowest BCUT2D eigenvalue weighted by atomic mass is 10.1. The zero-order chi connectivity index (χ0) is 13.6. The maximum atomic E-state index is 12.0. The van der Waals surface area contributed by atoms with Gasteiger partial charge in [-0.15, -0.1) is 0 Å². The number of sulfonamides is 1. The average molecular weight is 278 g/mol. The Balaban J connectivity index is 2.29. The summed E-state index contributed by atoms with van der Waals surface area (Å²) >= 11 is 0. The Labute approximate surface area is 111 Å². The summed E-state index contributed by atoms with van der Waals surface area (Å²) in [5, 5.41) is 12.2. The third-order valence-electron chi connectivity index (χ3n) is 3.29. The van der Waals surface area contributed by atoms with Crippen LogP contribution in [-0.2, 0) is 10.0 Å². The third kappa shape index (κ3) is 5.22. The Morgan fingerprint density at radius 2 is 1.83 bits per heavy atom. The summed E-state index contributed by atoms with van der Waals surface area (Å²) in [4.78, 5) is 0. The van der Waals surface area contributed by atoms with Crippen molar-refractivity contribution < 1.29 is 13.5 Å². The lowest BCUT2D eigenvalue weighted by Crippen LogP contribution is -2.44. The minimum Gasteiger partial charge on any atom is -0.394 e. The average Bonchev–Trinajstić information content (AvgIpc) is 2.36. The number of piperidine rings is 1. The number of aliphatic hydroxyl groups is 1. The summed E-state index contributed by atoms with van der Waals surface area (Å²) in [6.07, 6.45) is 3.69. The van der Waals surface area contributed by atoms with Gasteiger partial charge in [0.2, 0.25) is 10.0 Å². The quantitative estimate of drug-likeness (QED) is 0.667. The fourth-order valence-electron chi connectivity index (χ4n) is 2.01.